The predicted octanol–water partition coefficient (Wildman–Crippen LogP) is 2.84. The standard InChI is InChI=1S/C11H9ClN2O2S3/c12-9-5-6-10(18-9)19(15,16)14-8-3-1-7(2-4-8)11(13)17/h1-6,14H,(H2,13,17). The fourth-order valence-electron chi connectivity index (χ4n) is 1.35. The zero-order valence-electron chi connectivity index (χ0n) is 9.46. The first kappa shape index (κ1) is 14.3. The average molecular weight is 333 g/mol. The van der Waals surface area contributed by atoms with Crippen molar-refractivity contribution in [3.63, 3.8) is 0 Å². The van der Waals surface area contributed by atoms with Crippen LogP contribution < -0.4 is 10.5 Å². The molecule has 0 saturated heterocycles. The van der Waals surface area contributed by atoms with Gasteiger partial charge >= 0.3 is 0 Å². The normalized spacial score (nSPS) is 11.2. The maximum atomic E-state index is 12.0. The lowest BCUT2D eigenvalue weighted by Gasteiger charge is -2.06. The third-order valence-corrected chi connectivity index (χ3v) is 5.58. The van der Waals surface area contributed by atoms with E-state index in [-0.39, 0.29) is 9.20 Å². The van der Waals surface area contributed by atoms with Gasteiger partial charge in [-0.2, -0.15) is 0 Å². The highest BCUT2D eigenvalue weighted by atomic mass is 35.5. The van der Waals surface area contributed by atoms with Crippen LogP contribution in [0.15, 0.2) is 40.6 Å². The molecule has 0 saturated carbocycles. The first-order valence-electron chi connectivity index (χ1n) is 5.06. The Morgan fingerprint density at radius 3 is 2.32 bits per heavy atom. The lowest BCUT2D eigenvalue weighted by atomic mass is 10.2. The molecule has 0 amide bonds. The van der Waals surface area contributed by atoms with E-state index in [9.17, 15) is 8.42 Å². The quantitative estimate of drug-likeness (QED) is 0.844. The van der Waals surface area contributed by atoms with Gasteiger partial charge in [0.15, 0.2) is 0 Å². The minimum Gasteiger partial charge on any atom is -0.389 e. The van der Waals surface area contributed by atoms with Gasteiger partial charge in [0.2, 0.25) is 0 Å². The highest BCUT2D eigenvalue weighted by Crippen LogP contribution is 2.27. The van der Waals surface area contributed by atoms with Gasteiger partial charge < -0.3 is 5.73 Å². The van der Waals surface area contributed by atoms with Crippen LogP contribution in [0.4, 0.5) is 5.69 Å². The Hall–Kier alpha value is -1.15. The molecule has 0 aliphatic carbocycles. The molecular formula is C11H9ClN2O2S3. The highest BCUT2D eigenvalue weighted by Gasteiger charge is 2.16. The van der Waals surface area contributed by atoms with Gasteiger partial charge in [-0.15, -0.1) is 11.3 Å². The molecule has 0 aliphatic rings. The minimum absolute atomic E-state index is 0.163. The molecule has 0 unspecified atom stereocenters. The summed E-state index contributed by atoms with van der Waals surface area (Å²) in [6.07, 6.45) is 0. The number of rotatable bonds is 4. The summed E-state index contributed by atoms with van der Waals surface area (Å²) in [5.41, 5.74) is 6.58. The molecule has 0 radical (unpaired) electrons. The van der Waals surface area contributed by atoms with Crippen molar-refractivity contribution >= 4 is 55.9 Å². The van der Waals surface area contributed by atoms with E-state index in [2.05, 4.69) is 4.72 Å². The number of thiocarbonyl (C=S) groups is 1. The average Bonchev–Trinajstić information content (AvgIpc) is 2.77. The zero-order chi connectivity index (χ0) is 14.0. The molecule has 8 heteroatoms. The monoisotopic (exact) mass is 332 g/mol. The number of sulfonamides is 1. The molecule has 0 fully saturated rings. The summed E-state index contributed by atoms with van der Waals surface area (Å²) in [6, 6.07) is 9.50. The molecular weight excluding hydrogens is 324 g/mol. The Labute approximate surface area is 125 Å². The molecule has 0 atom stereocenters. The fraction of sp³-hybridized carbons (Fsp3) is 0. The number of thiophene rings is 1. The van der Waals surface area contributed by atoms with Gasteiger partial charge in [0, 0.05) is 11.3 Å². The third kappa shape index (κ3) is 3.44. The molecule has 100 valence electrons. The minimum atomic E-state index is -3.61. The molecule has 0 aliphatic heterocycles. The second-order valence-corrected chi connectivity index (χ2v) is 7.67. The van der Waals surface area contributed by atoms with E-state index in [0.717, 1.165) is 11.3 Å². The van der Waals surface area contributed by atoms with Crippen molar-refractivity contribution in [2.45, 2.75) is 4.21 Å². The molecule has 0 bridgehead atoms. The summed E-state index contributed by atoms with van der Waals surface area (Å²) in [5.74, 6) is 0. The molecule has 4 nitrogen and oxygen atoms in total. The van der Waals surface area contributed by atoms with Crippen molar-refractivity contribution in [1.29, 1.82) is 0 Å². The van der Waals surface area contributed by atoms with Gasteiger partial charge in [0.05, 0.1) is 4.34 Å². The Morgan fingerprint density at radius 2 is 1.84 bits per heavy atom. The summed E-state index contributed by atoms with van der Waals surface area (Å²) < 4.78 is 27.1. The summed E-state index contributed by atoms with van der Waals surface area (Å²) >= 11 is 11.5. The number of anilines is 1. The van der Waals surface area contributed by atoms with Gasteiger partial charge in [-0.1, -0.05) is 23.8 Å². The second-order valence-electron chi connectivity index (χ2n) is 3.61. The van der Waals surface area contributed by atoms with Crippen molar-refractivity contribution in [3.05, 3.63) is 46.3 Å². The Bertz CT molecular complexity index is 708. The predicted molar refractivity (Wildman–Crippen MR) is 82.5 cm³/mol. The summed E-state index contributed by atoms with van der Waals surface area (Å²) in [6.45, 7) is 0. The van der Waals surface area contributed by atoms with Crippen LogP contribution in [0, 0.1) is 0 Å². The van der Waals surface area contributed by atoms with Gasteiger partial charge in [-0.25, -0.2) is 8.42 Å². The number of benzene rings is 1. The van der Waals surface area contributed by atoms with Crippen LogP contribution >= 0.6 is 35.2 Å². The summed E-state index contributed by atoms with van der Waals surface area (Å²) in [4.78, 5) is 0.263. The lowest BCUT2D eigenvalue weighted by molar-refractivity contribution is 0.603. The van der Waals surface area contributed by atoms with Crippen LogP contribution in [-0.2, 0) is 10.0 Å². The fourth-order valence-corrected chi connectivity index (χ4v) is 4.03. The van der Waals surface area contributed by atoms with E-state index in [1.807, 2.05) is 0 Å². The first-order chi connectivity index (χ1) is 8.88. The summed E-state index contributed by atoms with van der Waals surface area (Å²) in [5, 5.41) is 0. The SMILES string of the molecule is NC(=S)c1ccc(NS(=O)(=O)c2ccc(Cl)s2)cc1. The van der Waals surface area contributed by atoms with E-state index in [1.54, 1.807) is 24.3 Å². The van der Waals surface area contributed by atoms with Gasteiger partial charge in [0.1, 0.15) is 9.20 Å². The van der Waals surface area contributed by atoms with E-state index in [4.69, 9.17) is 29.6 Å². The van der Waals surface area contributed by atoms with Crippen LogP contribution in [-0.4, -0.2) is 13.4 Å². The van der Waals surface area contributed by atoms with Gasteiger partial charge in [-0.3, -0.25) is 4.72 Å². The maximum absolute atomic E-state index is 12.0. The van der Waals surface area contributed by atoms with Crippen molar-refractivity contribution in [3.8, 4) is 0 Å². The van der Waals surface area contributed by atoms with Crippen molar-refractivity contribution < 1.29 is 8.42 Å². The molecule has 2 rings (SSSR count). The van der Waals surface area contributed by atoms with E-state index < -0.39 is 10.0 Å². The lowest BCUT2D eigenvalue weighted by Crippen LogP contribution is -2.12. The topological polar surface area (TPSA) is 72.2 Å². The Balaban J connectivity index is 2.23. The number of nitrogens with one attached hydrogen (secondary N) is 1. The molecule has 3 N–H and O–H groups in total. The smallest absolute Gasteiger partial charge is 0.271 e. The van der Waals surface area contributed by atoms with E-state index >= 15 is 0 Å². The molecule has 19 heavy (non-hydrogen) atoms. The number of nitrogens with two attached hydrogens (primary N) is 1. The van der Waals surface area contributed by atoms with Crippen LogP contribution in [0.2, 0.25) is 4.34 Å². The van der Waals surface area contributed by atoms with Crippen molar-refractivity contribution in [2.24, 2.45) is 5.73 Å². The number of hydrogen-bond donors (Lipinski definition) is 2. The van der Waals surface area contributed by atoms with E-state index in [1.165, 1.54) is 12.1 Å². The number of halogens is 1. The van der Waals surface area contributed by atoms with Crippen LogP contribution in [0.25, 0.3) is 0 Å². The summed E-state index contributed by atoms with van der Waals surface area (Å²) in [7, 11) is -3.61. The first-order valence-corrected chi connectivity index (χ1v) is 8.15. The molecule has 1 aromatic carbocycles. The van der Waals surface area contributed by atoms with Gasteiger partial charge in [0.25, 0.3) is 10.0 Å². The molecule has 1 aromatic heterocycles. The zero-order valence-corrected chi connectivity index (χ0v) is 12.7. The molecule has 1 heterocycles. The largest absolute Gasteiger partial charge is 0.389 e. The van der Waals surface area contributed by atoms with Crippen LogP contribution in [0.1, 0.15) is 5.56 Å². The maximum Gasteiger partial charge on any atom is 0.271 e. The third-order valence-electron chi connectivity index (χ3n) is 2.24. The van der Waals surface area contributed by atoms with Crippen molar-refractivity contribution in [2.75, 3.05) is 4.72 Å². The highest BCUT2D eigenvalue weighted by molar-refractivity contribution is 7.94. The Kier molecular flexibility index (Phi) is 4.10. The second kappa shape index (κ2) is 5.46. The van der Waals surface area contributed by atoms with Crippen molar-refractivity contribution in [1.82, 2.24) is 0 Å². The Morgan fingerprint density at radius 1 is 1.21 bits per heavy atom. The van der Waals surface area contributed by atoms with E-state index in [0.29, 0.717) is 15.6 Å². The van der Waals surface area contributed by atoms with Crippen LogP contribution in [0.3, 0.4) is 0 Å². The molecule has 2 aromatic rings. The van der Waals surface area contributed by atoms with Crippen LogP contribution in [0.5, 0.6) is 0 Å². The number of hydrogen-bond acceptors (Lipinski definition) is 4. The molecule has 0 spiro atoms. The van der Waals surface area contributed by atoms with Gasteiger partial charge in [-0.05, 0) is 36.4 Å².